The fourth-order valence-corrected chi connectivity index (χ4v) is 3.47. The molecule has 0 radical (unpaired) electrons. The molecule has 4 rings (SSSR count). The Morgan fingerprint density at radius 2 is 1.89 bits per heavy atom. The van der Waals surface area contributed by atoms with E-state index in [1.807, 2.05) is 42.5 Å². The van der Waals surface area contributed by atoms with Crippen LogP contribution >= 0.6 is 0 Å². The molecule has 0 aromatic heterocycles. The van der Waals surface area contributed by atoms with E-state index in [1.165, 1.54) is 0 Å². The molecule has 0 aliphatic carbocycles. The molecule has 0 bridgehead atoms. The summed E-state index contributed by atoms with van der Waals surface area (Å²) in [6.07, 6.45) is 1.94. The Hall–Kier alpha value is -2.73. The van der Waals surface area contributed by atoms with Crippen LogP contribution in [0.2, 0.25) is 0 Å². The summed E-state index contributed by atoms with van der Waals surface area (Å²) in [4.78, 5) is 14.6. The Labute approximate surface area is 165 Å². The predicted octanol–water partition coefficient (Wildman–Crippen LogP) is 3.16. The van der Waals surface area contributed by atoms with Crippen LogP contribution in [0.5, 0.6) is 17.2 Å². The van der Waals surface area contributed by atoms with Gasteiger partial charge in [0.1, 0.15) is 19.0 Å². The van der Waals surface area contributed by atoms with Crippen molar-refractivity contribution in [2.75, 3.05) is 33.4 Å². The van der Waals surface area contributed by atoms with E-state index in [2.05, 4.69) is 0 Å². The van der Waals surface area contributed by atoms with Gasteiger partial charge in [0.15, 0.2) is 17.6 Å². The van der Waals surface area contributed by atoms with Crippen molar-refractivity contribution in [2.24, 2.45) is 0 Å². The summed E-state index contributed by atoms with van der Waals surface area (Å²) in [6, 6.07) is 14.9. The van der Waals surface area contributed by atoms with E-state index in [4.69, 9.17) is 18.9 Å². The van der Waals surface area contributed by atoms with E-state index < -0.39 is 0 Å². The van der Waals surface area contributed by atoms with Crippen LogP contribution in [0.15, 0.2) is 48.5 Å². The first-order valence-electron chi connectivity index (χ1n) is 9.68. The third kappa shape index (κ3) is 4.22. The fourth-order valence-electron chi connectivity index (χ4n) is 3.47. The average Bonchev–Trinajstić information content (AvgIpc) is 3.25. The Balaban J connectivity index is 1.38. The van der Waals surface area contributed by atoms with Crippen LogP contribution in [-0.4, -0.2) is 56.4 Å². The zero-order chi connectivity index (χ0) is 19.3. The van der Waals surface area contributed by atoms with Gasteiger partial charge in [-0.3, -0.25) is 4.79 Å². The van der Waals surface area contributed by atoms with E-state index in [-0.39, 0.29) is 18.1 Å². The highest BCUT2D eigenvalue weighted by Crippen LogP contribution is 2.31. The number of rotatable bonds is 6. The standard InChI is InChI=1S/C22H25NO5/c1-23(13-17-15-27-20-10-4-5-11-21(20)28-17)22(24)18-8-2-3-9-19(18)26-14-16-7-6-12-25-16/h2-5,8-11,16-17H,6-7,12-15H2,1H3/t16-,17-/m0/s1. The molecule has 2 aliphatic heterocycles. The van der Waals surface area contributed by atoms with Gasteiger partial charge in [-0.2, -0.15) is 0 Å². The number of amides is 1. The van der Waals surface area contributed by atoms with Gasteiger partial charge >= 0.3 is 0 Å². The molecule has 2 atom stereocenters. The first-order chi connectivity index (χ1) is 13.7. The SMILES string of the molecule is CN(C[C@H]1COc2ccccc2O1)C(=O)c1ccccc1OC[C@@H]1CCCO1. The third-order valence-corrected chi connectivity index (χ3v) is 4.96. The van der Waals surface area contributed by atoms with E-state index >= 15 is 0 Å². The summed E-state index contributed by atoms with van der Waals surface area (Å²) < 4.78 is 23.2. The molecule has 2 aromatic rings. The molecule has 1 fully saturated rings. The molecule has 2 heterocycles. The minimum atomic E-state index is -0.219. The van der Waals surface area contributed by atoms with Gasteiger partial charge in [0, 0.05) is 13.7 Å². The second-order valence-electron chi connectivity index (χ2n) is 7.13. The molecular weight excluding hydrogens is 358 g/mol. The third-order valence-electron chi connectivity index (χ3n) is 4.96. The molecule has 2 aliphatic rings. The molecule has 148 valence electrons. The lowest BCUT2D eigenvalue weighted by atomic mass is 10.1. The molecular formula is C22H25NO5. The van der Waals surface area contributed by atoms with Crippen molar-refractivity contribution >= 4 is 5.91 Å². The van der Waals surface area contributed by atoms with Crippen LogP contribution in [0, 0.1) is 0 Å². The minimum absolute atomic E-state index is 0.105. The summed E-state index contributed by atoms with van der Waals surface area (Å²) >= 11 is 0. The van der Waals surface area contributed by atoms with Crippen LogP contribution in [0.4, 0.5) is 0 Å². The molecule has 0 unspecified atom stereocenters. The topological polar surface area (TPSA) is 57.2 Å². The van der Waals surface area contributed by atoms with Gasteiger partial charge in [-0.25, -0.2) is 0 Å². The highest BCUT2D eigenvalue weighted by Gasteiger charge is 2.25. The number of para-hydroxylation sites is 3. The van der Waals surface area contributed by atoms with Crippen molar-refractivity contribution in [1.82, 2.24) is 4.90 Å². The molecule has 6 heteroatoms. The molecule has 0 spiro atoms. The monoisotopic (exact) mass is 383 g/mol. The lowest BCUT2D eigenvalue weighted by Crippen LogP contribution is -2.41. The molecule has 0 saturated carbocycles. The number of likely N-dealkylation sites (N-methyl/N-ethyl adjacent to an activating group) is 1. The van der Waals surface area contributed by atoms with Crippen molar-refractivity contribution in [3.63, 3.8) is 0 Å². The maximum Gasteiger partial charge on any atom is 0.257 e. The van der Waals surface area contributed by atoms with Crippen molar-refractivity contribution in [2.45, 2.75) is 25.0 Å². The molecule has 6 nitrogen and oxygen atoms in total. The summed E-state index contributed by atoms with van der Waals surface area (Å²) in [5.41, 5.74) is 0.542. The quantitative estimate of drug-likeness (QED) is 0.767. The Kier molecular flexibility index (Phi) is 5.67. The summed E-state index contributed by atoms with van der Waals surface area (Å²) in [7, 11) is 1.77. The Morgan fingerprint density at radius 1 is 1.11 bits per heavy atom. The highest BCUT2D eigenvalue weighted by molar-refractivity contribution is 5.96. The maximum absolute atomic E-state index is 13.0. The number of ether oxygens (including phenoxy) is 4. The van der Waals surface area contributed by atoms with E-state index in [9.17, 15) is 4.79 Å². The lowest BCUT2D eigenvalue weighted by Gasteiger charge is -2.29. The van der Waals surface area contributed by atoms with Gasteiger partial charge in [-0.05, 0) is 37.1 Å². The smallest absolute Gasteiger partial charge is 0.257 e. The number of carbonyl (C=O) groups is 1. The second kappa shape index (κ2) is 8.52. The van der Waals surface area contributed by atoms with Crippen molar-refractivity contribution < 1.29 is 23.7 Å². The second-order valence-corrected chi connectivity index (χ2v) is 7.13. The lowest BCUT2D eigenvalue weighted by molar-refractivity contribution is 0.0509. The average molecular weight is 383 g/mol. The number of nitrogens with zero attached hydrogens (tertiary/aromatic N) is 1. The highest BCUT2D eigenvalue weighted by atomic mass is 16.6. The Bertz CT molecular complexity index is 818. The summed E-state index contributed by atoms with van der Waals surface area (Å²) in [5.74, 6) is 1.92. The normalized spacial score (nSPS) is 20.6. The molecule has 2 aromatic carbocycles. The number of fused-ring (bicyclic) bond motifs is 1. The van der Waals surface area contributed by atoms with Gasteiger partial charge in [0.05, 0.1) is 18.2 Å². The fraction of sp³-hybridized carbons (Fsp3) is 0.409. The van der Waals surface area contributed by atoms with Gasteiger partial charge < -0.3 is 23.8 Å². The van der Waals surface area contributed by atoms with Crippen molar-refractivity contribution in [1.29, 1.82) is 0 Å². The number of hydrogen-bond acceptors (Lipinski definition) is 5. The minimum Gasteiger partial charge on any atom is -0.490 e. The first-order valence-corrected chi connectivity index (χ1v) is 9.68. The zero-order valence-electron chi connectivity index (χ0n) is 16.0. The molecule has 1 saturated heterocycles. The summed E-state index contributed by atoms with van der Waals surface area (Å²) in [5, 5.41) is 0. The maximum atomic E-state index is 13.0. The zero-order valence-corrected chi connectivity index (χ0v) is 16.0. The van der Waals surface area contributed by atoms with Gasteiger partial charge in [0.2, 0.25) is 0 Å². The van der Waals surface area contributed by atoms with Gasteiger partial charge in [-0.15, -0.1) is 0 Å². The van der Waals surface area contributed by atoms with Crippen LogP contribution in [0.1, 0.15) is 23.2 Å². The first kappa shape index (κ1) is 18.6. The Morgan fingerprint density at radius 3 is 2.71 bits per heavy atom. The van der Waals surface area contributed by atoms with Crippen LogP contribution < -0.4 is 14.2 Å². The number of hydrogen-bond donors (Lipinski definition) is 0. The predicted molar refractivity (Wildman–Crippen MR) is 104 cm³/mol. The molecule has 1 amide bonds. The van der Waals surface area contributed by atoms with E-state index in [0.717, 1.165) is 25.2 Å². The van der Waals surface area contributed by atoms with E-state index in [1.54, 1.807) is 18.0 Å². The number of carbonyl (C=O) groups excluding carboxylic acids is 1. The van der Waals surface area contributed by atoms with Gasteiger partial charge in [-0.1, -0.05) is 24.3 Å². The largest absolute Gasteiger partial charge is 0.490 e. The molecule has 0 N–H and O–H groups in total. The van der Waals surface area contributed by atoms with Crippen molar-refractivity contribution in [3.8, 4) is 17.2 Å². The molecule has 28 heavy (non-hydrogen) atoms. The van der Waals surface area contributed by atoms with Gasteiger partial charge in [0.25, 0.3) is 5.91 Å². The van der Waals surface area contributed by atoms with E-state index in [0.29, 0.717) is 36.8 Å². The van der Waals surface area contributed by atoms with Crippen LogP contribution in [0.3, 0.4) is 0 Å². The van der Waals surface area contributed by atoms with Crippen LogP contribution in [-0.2, 0) is 4.74 Å². The van der Waals surface area contributed by atoms with Crippen LogP contribution in [0.25, 0.3) is 0 Å². The summed E-state index contributed by atoms with van der Waals surface area (Å²) in [6.45, 7) is 2.08. The van der Waals surface area contributed by atoms with Crippen molar-refractivity contribution in [3.05, 3.63) is 54.1 Å². The number of benzene rings is 2.